The molecule has 0 aliphatic rings. The van der Waals surface area contributed by atoms with Crippen LogP contribution in [0.4, 0.5) is 0 Å². The summed E-state index contributed by atoms with van der Waals surface area (Å²) in [6.07, 6.45) is 1.59. The van der Waals surface area contributed by atoms with Crippen molar-refractivity contribution in [2.75, 3.05) is 7.05 Å². The molecule has 0 aromatic carbocycles. The highest BCUT2D eigenvalue weighted by atomic mass is 16.3. The minimum absolute atomic E-state index is 0.0910. The summed E-state index contributed by atoms with van der Waals surface area (Å²) in [7, 11) is 3.59. The number of amides is 1. The Morgan fingerprint density at radius 2 is 2.14 bits per heavy atom. The zero-order valence-corrected chi connectivity index (χ0v) is 13.1. The van der Waals surface area contributed by atoms with Gasteiger partial charge in [0.2, 0.25) is 0 Å². The first kappa shape index (κ1) is 14.3. The van der Waals surface area contributed by atoms with Crippen molar-refractivity contribution in [2.24, 2.45) is 7.05 Å². The highest BCUT2D eigenvalue weighted by molar-refractivity contribution is 5.97. The molecule has 0 bridgehead atoms. The smallest absolute Gasteiger partial charge is 0.255 e. The van der Waals surface area contributed by atoms with E-state index in [0.717, 1.165) is 28.2 Å². The van der Waals surface area contributed by atoms with E-state index in [4.69, 9.17) is 4.42 Å². The monoisotopic (exact) mass is 298 g/mol. The van der Waals surface area contributed by atoms with Crippen LogP contribution in [0.1, 0.15) is 27.6 Å². The first-order valence-corrected chi connectivity index (χ1v) is 7.06. The highest BCUT2D eigenvalue weighted by Gasteiger charge is 2.16. The van der Waals surface area contributed by atoms with Crippen LogP contribution in [0.15, 0.2) is 28.8 Å². The second-order valence-electron chi connectivity index (χ2n) is 5.48. The normalized spacial score (nSPS) is 11.1. The van der Waals surface area contributed by atoms with E-state index in [1.807, 2.05) is 39.1 Å². The lowest BCUT2D eigenvalue weighted by molar-refractivity contribution is 0.0775. The molecule has 1 amide bonds. The molecular formula is C16H18N4O2. The number of hydrogen-bond acceptors (Lipinski definition) is 4. The van der Waals surface area contributed by atoms with Crippen molar-refractivity contribution in [3.8, 4) is 0 Å². The van der Waals surface area contributed by atoms with Crippen LogP contribution in [0.25, 0.3) is 11.0 Å². The molecule has 0 radical (unpaired) electrons. The number of aryl methyl sites for hydroxylation is 3. The number of nitrogens with zero attached hydrogens (tertiary/aromatic N) is 4. The number of pyridine rings is 1. The molecule has 0 aliphatic heterocycles. The van der Waals surface area contributed by atoms with Gasteiger partial charge in [-0.25, -0.2) is 4.98 Å². The van der Waals surface area contributed by atoms with Crippen molar-refractivity contribution in [3.63, 3.8) is 0 Å². The molecule has 0 aliphatic carbocycles. The number of rotatable bonds is 3. The van der Waals surface area contributed by atoms with Crippen molar-refractivity contribution in [2.45, 2.75) is 20.4 Å². The van der Waals surface area contributed by atoms with Gasteiger partial charge >= 0.3 is 0 Å². The first-order chi connectivity index (χ1) is 10.5. The lowest BCUT2D eigenvalue weighted by atomic mass is 10.2. The van der Waals surface area contributed by atoms with E-state index in [2.05, 4.69) is 10.1 Å². The van der Waals surface area contributed by atoms with Gasteiger partial charge in [0, 0.05) is 25.7 Å². The van der Waals surface area contributed by atoms with Gasteiger partial charge in [-0.3, -0.25) is 9.48 Å². The number of carbonyl (C=O) groups is 1. The van der Waals surface area contributed by atoms with Gasteiger partial charge < -0.3 is 9.32 Å². The number of carbonyl (C=O) groups excluding carboxylic acids is 1. The van der Waals surface area contributed by atoms with Gasteiger partial charge in [0.05, 0.1) is 17.8 Å². The molecule has 3 rings (SSSR count). The van der Waals surface area contributed by atoms with E-state index in [-0.39, 0.29) is 5.91 Å². The Labute approximate surface area is 128 Å². The summed E-state index contributed by atoms with van der Waals surface area (Å²) in [4.78, 5) is 18.5. The fraction of sp³-hybridized carbons (Fsp3) is 0.312. The maximum atomic E-state index is 12.5. The molecule has 0 atom stereocenters. The van der Waals surface area contributed by atoms with E-state index in [1.165, 1.54) is 0 Å². The molecule has 0 saturated carbocycles. The minimum Gasteiger partial charge on any atom is -0.464 e. The average molecular weight is 298 g/mol. The number of hydrogen-bond donors (Lipinski definition) is 0. The van der Waals surface area contributed by atoms with Crippen LogP contribution in [0, 0.1) is 13.8 Å². The van der Waals surface area contributed by atoms with Crippen molar-refractivity contribution >= 4 is 16.9 Å². The first-order valence-electron chi connectivity index (χ1n) is 7.06. The Bertz CT molecular complexity index is 847. The Hall–Kier alpha value is -2.63. The third kappa shape index (κ3) is 2.47. The maximum Gasteiger partial charge on any atom is 0.255 e. The predicted molar refractivity (Wildman–Crippen MR) is 82.5 cm³/mol. The molecule has 22 heavy (non-hydrogen) atoms. The highest BCUT2D eigenvalue weighted by Crippen LogP contribution is 2.18. The molecule has 6 nitrogen and oxygen atoms in total. The van der Waals surface area contributed by atoms with E-state index in [0.29, 0.717) is 12.1 Å². The summed E-state index contributed by atoms with van der Waals surface area (Å²) >= 11 is 0. The Balaban J connectivity index is 1.86. The average Bonchev–Trinajstić information content (AvgIpc) is 3.02. The lowest BCUT2D eigenvalue weighted by Crippen LogP contribution is -2.26. The van der Waals surface area contributed by atoms with Crippen molar-refractivity contribution in [3.05, 3.63) is 47.2 Å². The van der Waals surface area contributed by atoms with Crippen molar-refractivity contribution in [1.82, 2.24) is 19.7 Å². The van der Waals surface area contributed by atoms with Crippen molar-refractivity contribution in [1.29, 1.82) is 0 Å². The van der Waals surface area contributed by atoms with Crippen LogP contribution < -0.4 is 0 Å². The number of fused-ring (bicyclic) bond motifs is 1. The summed E-state index contributed by atoms with van der Waals surface area (Å²) < 4.78 is 7.23. The van der Waals surface area contributed by atoms with E-state index < -0.39 is 0 Å². The Morgan fingerprint density at radius 1 is 1.36 bits per heavy atom. The number of furan rings is 1. The molecular weight excluding hydrogens is 280 g/mol. The topological polar surface area (TPSA) is 64.2 Å². The van der Waals surface area contributed by atoms with Gasteiger partial charge in [0.25, 0.3) is 5.91 Å². The van der Waals surface area contributed by atoms with E-state index >= 15 is 0 Å². The van der Waals surface area contributed by atoms with Crippen LogP contribution in [-0.4, -0.2) is 32.6 Å². The molecule has 3 aromatic heterocycles. The van der Waals surface area contributed by atoms with Gasteiger partial charge in [-0.2, -0.15) is 5.10 Å². The van der Waals surface area contributed by atoms with E-state index in [1.54, 1.807) is 22.8 Å². The van der Waals surface area contributed by atoms with Gasteiger partial charge in [0.15, 0.2) is 5.65 Å². The molecule has 6 heteroatoms. The Morgan fingerprint density at radius 3 is 2.82 bits per heavy atom. The molecule has 0 unspecified atom stereocenters. The summed E-state index contributed by atoms with van der Waals surface area (Å²) in [5.41, 5.74) is 2.19. The van der Waals surface area contributed by atoms with Gasteiger partial charge in [0.1, 0.15) is 11.5 Å². The summed E-state index contributed by atoms with van der Waals surface area (Å²) in [5, 5.41) is 5.22. The molecule has 0 fully saturated rings. The molecule has 0 spiro atoms. The SMILES string of the molecule is Cc1ccc(CN(C)C(=O)c2cnc3c(c2)c(C)nn3C)o1. The van der Waals surface area contributed by atoms with Crippen LogP contribution in [-0.2, 0) is 13.6 Å². The van der Waals surface area contributed by atoms with E-state index in [9.17, 15) is 4.79 Å². The predicted octanol–water partition coefficient (Wildman–Crippen LogP) is 2.45. The second-order valence-corrected chi connectivity index (χ2v) is 5.48. The third-order valence-electron chi connectivity index (χ3n) is 3.65. The molecule has 114 valence electrons. The van der Waals surface area contributed by atoms with Gasteiger partial charge in [-0.1, -0.05) is 0 Å². The molecule has 0 saturated heterocycles. The van der Waals surface area contributed by atoms with Crippen LogP contribution in [0.2, 0.25) is 0 Å². The quantitative estimate of drug-likeness (QED) is 0.745. The van der Waals surface area contributed by atoms with Gasteiger partial charge in [-0.15, -0.1) is 0 Å². The largest absolute Gasteiger partial charge is 0.464 e. The van der Waals surface area contributed by atoms with Crippen LogP contribution in [0.3, 0.4) is 0 Å². The Kier molecular flexibility index (Phi) is 3.44. The zero-order chi connectivity index (χ0) is 15.9. The summed E-state index contributed by atoms with van der Waals surface area (Å²) in [6, 6.07) is 5.61. The summed E-state index contributed by atoms with van der Waals surface area (Å²) in [5.74, 6) is 1.51. The molecule has 3 heterocycles. The fourth-order valence-electron chi connectivity index (χ4n) is 2.52. The van der Waals surface area contributed by atoms with Crippen LogP contribution >= 0.6 is 0 Å². The zero-order valence-electron chi connectivity index (χ0n) is 13.1. The minimum atomic E-state index is -0.0910. The van der Waals surface area contributed by atoms with Crippen LogP contribution in [0.5, 0.6) is 0 Å². The lowest BCUT2D eigenvalue weighted by Gasteiger charge is -2.15. The summed E-state index contributed by atoms with van der Waals surface area (Å²) in [6.45, 7) is 4.22. The molecule has 0 N–H and O–H groups in total. The van der Waals surface area contributed by atoms with Crippen molar-refractivity contribution < 1.29 is 9.21 Å². The number of aromatic nitrogens is 3. The standard InChI is InChI=1S/C16H18N4O2/c1-10-5-6-13(22-10)9-19(3)16(21)12-7-14-11(2)18-20(4)15(14)17-8-12/h5-8H,9H2,1-4H3. The fourth-order valence-corrected chi connectivity index (χ4v) is 2.52. The maximum absolute atomic E-state index is 12.5. The third-order valence-corrected chi connectivity index (χ3v) is 3.65. The second kappa shape index (κ2) is 5.29. The molecule has 3 aromatic rings. The van der Waals surface area contributed by atoms with Gasteiger partial charge in [-0.05, 0) is 32.0 Å².